The number of rotatable bonds is 5. The Bertz CT molecular complexity index is 579. The smallest absolute Gasteiger partial charge is 0.193 e. The molecular formula is C17H21N3O. The predicted octanol–water partition coefficient (Wildman–Crippen LogP) is 3.11. The predicted molar refractivity (Wildman–Crippen MR) is 87.5 cm³/mol. The van der Waals surface area contributed by atoms with Gasteiger partial charge in [-0.15, -0.1) is 0 Å². The molecule has 0 spiro atoms. The van der Waals surface area contributed by atoms with Crippen LogP contribution in [0.25, 0.3) is 0 Å². The fourth-order valence-electron chi connectivity index (χ4n) is 1.99. The molecule has 4 nitrogen and oxygen atoms in total. The van der Waals surface area contributed by atoms with Crippen molar-refractivity contribution in [2.45, 2.75) is 13.0 Å². The maximum atomic E-state index is 5.91. The van der Waals surface area contributed by atoms with Gasteiger partial charge in [0.25, 0.3) is 0 Å². The van der Waals surface area contributed by atoms with E-state index in [-0.39, 0.29) is 6.10 Å². The average molecular weight is 283 g/mol. The second-order valence-electron chi connectivity index (χ2n) is 4.85. The first-order valence-corrected chi connectivity index (χ1v) is 6.90. The quantitative estimate of drug-likeness (QED) is 0.655. The zero-order valence-electron chi connectivity index (χ0n) is 12.4. The van der Waals surface area contributed by atoms with Crippen molar-refractivity contribution < 1.29 is 4.74 Å². The van der Waals surface area contributed by atoms with E-state index in [9.17, 15) is 0 Å². The van der Waals surface area contributed by atoms with Gasteiger partial charge in [-0.25, -0.2) is 0 Å². The molecular weight excluding hydrogens is 262 g/mol. The van der Waals surface area contributed by atoms with E-state index in [0.29, 0.717) is 12.5 Å². The number of methoxy groups -OCH3 is 1. The lowest BCUT2D eigenvalue weighted by molar-refractivity contribution is 0.111. The van der Waals surface area contributed by atoms with Crippen LogP contribution in [0, 0.1) is 6.92 Å². The number of nitrogens with two attached hydrogens (primary N) is 1. The number of nitrogens with one attached hydrogen (secondary N) is 1. The van der Waals surface area contributed by atoms with Crippen LogP contribution in [0.2, 0.25) is 0 Å². The Morgan fingerprint density at radius 2 is 1.81 bits per heavy atom. The van der Waals surface area contributed by atoms with E-state index >= 15 is 0 Å². The lowest BCUT2D eigenvalue weighted by Gasteiger charge is -2.14. The molecule has 0 heterocycles. The summed E-state index contributed by atoms with van der Waals surface area (Å²) in [5, 5.41) is 3.07. The van der Waals surface area contributed by atoms with E-state index < -0.39 is 0 Å². The average Bonchev–Trinajstić information content (AvgIpc) is 2.51. The lowest BCUT2D eigenvalue weighted by Crippen LogP contribution is -2.23. The first-order chi connectivity index (χ1) is 10.2. The number of nitrogens with zero attached hydrogens (tertiary/aromatic N) is 1. The van der Waals surface area contributed by atoms with Gasteiger partial charge in [0.1, 0.15) is 6.10 Å². The van der Waals surface area contributed by atoms with Gasteiger partial charge >= 0.3 is 0 Å². The molecule has 3 N–H and O–H groups in total. The number of aliphatic imine (C=N–C) groups is 1. The molecule has 0 bridgehead atoms. The van der Waals surface area contributed by atoms with E-state index in [2.05, 4.69) is 10.3 Å². The van der Waals surface area contributed by atoms with Crippen LogP contribution in [0.5, 0.6) is 0 Å². The van der Waals surface area contributed by atoms with E-state index in [1.807, 2.05) is 61.5 Å². The summed E-state index contributed by atoms with van der Waals surface area (Å²) in [7, 11) is 1.68. The van der Waals surface area contributed by atoms with Gasteiger partial charge in [0, 0.05) is 12.8 Å². The second-order valence-corrected chi connectivity index (χ2v) is 4.85. The Morgan fingerprint density at radius 1 is 1.14 bits per heavy atom. The van der Waals surface area contributed by atoms with Crippen molar-refractivity contribution >= 4 is 11.6 Å². The van der Waals surface area contributed by atoms with Crippen molar-refractivity contribution in [2.24, 2.45) is 10.7 Å². The third-order valence-corrected chi connectivity index (χ3v) is 3.21. The third kappa shape index (κ3) is 4.61. The summed E-state index contributed by atoms with van der Waals surface area (Å²) < 4.78 is 5.46. The molecule has 1 unspecified atom stereocenters. The number of aryl methyl sites for hydroxylation is 1. The van der Waals surface area contributed by atoms with E-state index in [4.69, 9.17) is 10.5 Å². The highest BCUT2D eigenvalue weighted by Gasteiger charge is 2.09. The molecule has 2 rings (SSSR count). The van der Waals surface area contributed by atoms with Gasteiger partial charge in [-0.1, -0.05) is 48.0 Å². The Kier molecular flexibility index (Phi) is 5.35. The van der Waals surface area contributed by atoms with E-state index in [0.717, 1.165) is 11.3 Å². The Balaban J connectivity index is 1.97. The molecule has 21 heavy (non-hydrogen) atoms. The maximum Gasteiger partial charge on any atom is 0.193 e. The minimum absolute atomic E-state index is 0.0930. The van der Waals surface area contributed by atoms with Gasteiger partial charge < -0.3 is 15.8 Å². The zero-order valence-corrected chi connectivity index (χ0v) is 12.4. The first kappa shape index (κ1) is 15.1. The molecule has 0 aliphatic carbocycles. The van der Waals surface area contributed by atoms with Gasteiger partial charge in [0.05, 0.1) is 6.54 Å². The second kappa shape index (κ2) is 7.45. The van der Waals surface area contributed by atoms with Gasteiger partial charge in [0.15, 0.2) is 5.96 Å². The number of hydrogen-bond donors (Lipinski definition) is 2. The summed E-state index contributed by atoms with van der Waals surface area (Å²) in [6.07, 6.45) is -0.0930. The Labute approximate surface area is 125 Å². The summed E-state index contributed by atoms with van der Waals surface area (Å²) >= 11 is 0. The Hall–Kier alpha value is -2.33. The molecule has 0 amide bonds. The molecule has 4 heteroatoms. The molecule has 110 valence electrons. The number of hydrogen-bond acceptors (Lipinski definition) is 2. The molecule has 0 aromatic heterocycles. The molecule has 2 aromatic carbocycles. The van der Waals surface area contributed by atoms with Crippen LogP contribution in [0.3, 0.4) is 0 Å². The van der Waals surface area contributed by atoms with Crippen molar-refractivity contribution in [2.75, 3.05) is 19.0 Å². The van der Waals surface area contributed by atoms with Crippen LogP contribution in [0.15, 0.2) is 59.6 Å². The van der Waals surface area contributed by atoms with E-state index in [1.165, 1.54) is 5.56 Å². The summed E-state index contributed by atoms with van der Waals surface area (Å²) in [6.45, 7) is 2.52. The summed E-state index contributed by atoms with van der Waals surface area (Å²) in [5.41, 5.74) is 9.13. The third-order valence-electron chi connectivity index (χ3n) is 3.21. The SMILES string of the molecule is COC(CN=C(N)Nc1ccc(C)cc1)c1ccccc1. The highest BCUT2D eigenvalue weighted by Crippen LogP contribution is 2.16. The molecule has 0 aliphatic rings. The molecule has 0 saturated carbocycles. The van der Waals surface area contributed by atoms with Crippen molar-refractivity contribution in [3.8, 4) is 0 Å². The number of benzene rings is 2. The zero-order chi connectivity index (χ0) is 15.1. The van der Waals surface area contributed by atoms with Crippen molar-refractivity contribution in [3.63, 3.8) is 0 Å². The molecule has 0 fully saturated rings. The van der Waals surface area contributed by atoms with Crippen LogP contribution in [0.4, 0.5) is 5.69 Å². The lowest BCUT2D eigenvalue weighted by atomic mass is 10.1. The van der Waals surface area contributed by atoms with Crippen molar-refractivity contribution in [3.05, 3.63) is 65.7 Å². The van der Waals surface area contributed by atoms with Gasteiger partial charge in [-0.3, -0.25) is 4.99 Å². The van der Waals surface area contributed by atoms with Gasteiger partial charge in [-0.05, 0) is 24.6 Å². The summed E-state index contributed by atoms with van der Waals surface area (Å²) in [5.74, 6) is 0.386. The van der Waals surface area contributed by atoms with E-state index in [1.54, 1.807) is 7.11 Å². The fourth-order valence-corrected chi connectivity index (χ4v) is 1.99. The standard InChI is InChI=1S/C17H21N3O/c1-13-8-10-15(11-9-13)20-17(18)19-12-16(21-2)14-6-4-3-5-7-14/h3-11,16H,12H2,1-2H3,(H3,18,19,20). The van der Waals surface area contributed by atoms with Gasteiger partial charge in [-0.2, -0.15) is 0 Å². The number of anilines is 1. The molecule has 0 saturated heterocycles. The van der Waals surface area contributed by atoms with Crippen LogP contribution in [-0.2, 0) is 4.74 Å². The monoisotopic (exact) mass is 283 g/mol. The van der Waals surface area contributed by atoms with Gasteiger partial charge in [0.2, 0.25) is 0 Å². The molecule has 0 aliphatic heterocycles. The highest BCUT2D eigenvalue weighted by molar-refractivity contribution is 5.92. The topological polar surface area (TPSA) is 59.6 Å². The number of guanidine groups is 1. The van der Waals surface area contributed by atoms with Crippen molar-refractivity contribution in [1.82, 2.24) is 0 Å². The fraction of sp³-hybridized carbons (Fsp3) is 0.235. The van der Waals surface area contributed by atoms with Crippen LogP contribution >= 0.6 is 0 Å². The summed E-state index contributed by atoms with van der Waals surface area (Å²) in [6, 6.07) is 18.0. The maximum absolute atomic E-state index is 5.91. The Morgan fingerprint density at radius 3 is 2.43 bits per heavy atom. The molecule has 1 atom stereocenters. The van der Waals surface area contributed by atoms with Crippen LogP contribution in [-0.4, -0.2) is 19.6 Å². The number of ether oxygens (including phenoxy) is 1. The highest BCUT2D eigenvalue weighted by atomic mass is 16.5. The molecule has 0 radical (unpaired) electrons. The molecule has 2 aromatic rings. The normalized spacial score (nSPS) is 13.0. The first-order valence-electron chi connectivity index (χ1n) is 6.90. The minimum Gasteiger partial charge on any atom is -0.375 e. The van der Waals surface area contributed by atoms with Crippen molar-refractivity contribution in [1.29, 1.82) is 0 Å². The largest absolute Gasteiger partial charge is 0.375 e. The van der Waals surface area contributed by atoms with Crippen LogP contribution in [0.1, 0.15) is 17.2 Å². The summed E-state index contributed by atoms with van der Waals surface area (Å²) in [4.78, 5) is 4.35. The minimum atomic E-state index is -0.0930. The van der Waals surface area contributed by atoms with Crippen LogP contribution < -0.4 is 11.1 Å².